The molecule has 5 heteroatoms. The molecular weight excluding hydrogens is 290 g/mol. The lowest BCUT2D eigenvalue weighted by Gasteiger charge is -2.30. The number of carbonyl (C=O) groups is 1. The van der Waals surface area contributed by atoms with Crippen LogP contribution in [0.5, 0.6) is 0 Å². The number of carbonyl (C=O) groups excluding carboxylic acids is 1. The van der Waals surface area contributed by atoms with Crippen molar-refractivity contribution in [2.45, 2.75) is 45.8 Å². The van der Waals surface area contributed by atoms with Gasteiger partial charge in [-0.3, -0.25) is 4.79 Å². The summed E-state index contributed by atoms with van der Waals surface area (Å²) in [6.07, 6.45) is 2.86. The summed E-state index contributed by atoms with van der Waals surface area (Å²) in [4.78, 5) is 17.0. The first kappa shape index (κ1) is 16.0. The van der Waals surface area contributed by atoms with E-state index in [0.717, 1.165) is 49.3 Å². The van der Waals surface area contributed by atoms with Crippen LogP contribution in [0, 0.1) is 12.8 Å². The fourth-order valence-electron chi connectivity index (χ4n) is 3.44. The first-order valence-corrected chi connectivity index (χ1v) is 8.52. The number of hydrogen-bond acceptors (Lipinski definition) is 3. The van der Waals surface area contributed by atoms with Crippen molar-refractivity contribution in [1.29, 1.82) is 0 Å². The van der Waals surface area contributed by atoms with Gasteiger partial charge in [0.2, 0.25) is 5.91 Å². The van der Waals surface area contributed by atoms with E-state index >= 15 is 0 Å². The summed E-state index contributed by atoms with van der Waals surface area (Å²) in [6.45, 7) is 6.22. The Morgan fingerprint density at radius 3 is 3.09 bits per heavy atom. The molecule has 1 saturated heterocycles. The number of benzene rings is 1. The Morgan fingerprint density at radius 2 is 2.26 bits per heavy atom. The molecule has 0 radical (unpaired) electrons. The van der Waals surface area contributed by atoms with Crippen molar-refractivity contribution < 1.29 is 9.53 Å². The van der Waals surface area contributed by atoms with Crippen molar-refractivity contribution in [1.82, 2.24) is 14.9 Å². The standard InChI is InChI=1S/C18H25N3O2/c1-3-17-14(7-6-12-23-17)18(22)19-10-11-21-13(2)20-15-8-4-5-9-16(15)21/h4-5,8-9,14,17H,3,6-7,10-12H2,1-2H3,(H,19,22)/t14-,17+/m0/s1. The Bertz CT molecular complexity index is 680. The monoisotopic (exact) mass is 315 g/mol. The van der Waals surface area contributed by atoms with E-state index in [-0.39, 0.29) is 17.9 Å². The van der Waals surface area contributed by atoms with E-state index in [0.29, 0.717) is 6.54 Å². The maximum Gasteiger partial charge on any atom is 0.225 e. The SMILES string of the molecule is CC[C@H]1OCCC[C@@H]1C(=O)NCCn1c(C)nc2ccccc21. The zero-order valence-electron chi connectivity index (χ0n) is 13.9. The lowest BCUT2D eigenvalue weighted by Crippen LogP contribution is -2.42. The molecule has 0 saturated carbocycles. The average Bonchev–Trinajstić information content (AvgIpc) is 2.90. The number of rotatable bonds is 5. The second-order valence-corrected chi connectivity index (χ2v) is 6.16. The van der Waals surface area contributed by atoms with E-state index in [1.807, 2.05) is 25.1 Å². The second kappa shape index (κ2) is 7.13. The van der Waals surface area contributed by atoms with Crippen LogP contribution < -0.4 is 5.32 Å². The first-order chi connectivity index (χ1) is 11.2. The smallest absolute Gasteiger partial charge is 0.225 e. The number of nitrogens with one attached hydrogen (secondary N) is 1. The molecule has 0 unspecified atom stereocenters. The van der Waals surface area contributed by atoms with E-state index in [2.05, 4.69) is 27.9 Å². The van der Waals surface area contributed by atoms with Gasteiger partial charge in [0.05, 0.1) is 23.1 Å². The van der Waals surface area contributed by atoms with Crippen molar-refractivity contribution in [2.24, 2.45) is 5.92 Å². The minimum atomic E-state index is -0.00521. The molecule has 3 rings (SSSR count). The largest absolute Gasteiger partial charge is 0.377 e. The Labute approximate surface area is 137 Å². The number of hydrogen-bond donors (Lipinski definition) is 1. The van der Waals surface area contributed by atoms with E-state index < -0.39 is 0 Å². The van der Waals surface area contributed by atoms with Crippen LogP contribution in [0.25, 0.3) is 11.0 Å². The number of amides is 1. The Kier molecular flexibility index (Phi) is 4.96. The predicted octanol–water partition coefficient (Wildman–Crippen LogP) is 2.67. The Balaban J connectivity index is 1.60. The topological polar surface area (TPSA) is 56.1 Å². The Morgan fingerprint density at radius 1 is 1.43 bits per heavy atom. The van der Waals surface area contributed by atoms with Crippen molar-refractivity contribution >= 4 is 16.9 Å². The van der Waals surface area contributed by atoms with Crippen molar-refractivity contribution in [3.05, 3.63) is 30.1 Å². The molecule has 0 bridgehead atoms. The van der Waals surface area contributed by atoms with Gasteiger partial charge in [-0.1, -0.05) is 19.1 Å². The van der Waals surface area contributed by atoms with Crippen LogP contribution in [0.4, 0.5) is 0 Å². The van der Waals surface area contributed by atoms with Crippen LogP contribution >= 0.6 is 0 Å². The molecule has 1 fully saturated rings. The van der Waals surface area contributed by atoms with E-state index in [1.165, 1.54) is 0 Å². The maximum atomic E-state index is 12.4. The van der Waals surface area contributed by atoms with Crippen molar-refractivity contribution in [3.8, 4) is 0 Å². The first-order valence-electron chi connectivity index (χ1n) is 8.52. The summed E-state index contributed by atoms with van der Waals surface area (Å²) in [6, 6.07) is 8.10. The molecule has 124 valence electrons. The van der Waals surface area contributed by atoms with Crippen LogP contribution in [-0.2, 0) is 16.1 Å². The summed E-state index contributed by atoms with van der Waals surface area (Å²) >= 11 is 0. The molecule has 2 heterocycles. The van der Waals surface area contributed by atoms with Gasteiger partial charge in [0.25, 0.3) is 0 Å². The summed E-state index contributed by atoms with van der Waals surface area (Å²) in [5, 5.41) is 3.08. The van der Waals surface area contributed by atoms with E-state index in [1.54, 1.807) is 0 Å². The quantitative estimate of drug-likeness (QED) is 0.923. The minimum Gasteiger partial charge on any atom is -0.377 e. The molecule has 1 aliphatic rings. The number of nitrogens with zero attached hydrogens (tertiary/aromatic N) is 2. The number of ether oxygens (including phenoxy) is 1. The third-order valence-electron chi connectivity index (χ3n) is 4.66. The molecular formula is C18H25N3O2. The van der Waals surface area contributed by atoms with Crippen LogP contribution in [0.1, 0.15) is 32.0 Å². The highest BCUT2D eigenvalue weighted by Crippen LogP contribution is 2.23. The number of para-hydroxylation sites is 2. The molecule has 2 atom stereocenters. The van der Waals surface area contributed by atoms with Gasteiger partial charge in [-0.15, -0.1) is 0 Å². The van der Waals surface area contributed by atoms with Crippen molar-refractivity contribution in [3.63, 3.8) is 0 Å². The average molecular weight is 315 g/mol. The fraction of sp³-hybridized carbons (Fsp3) is 0.556. The third kappa shape index (κ3) is 3.39. The van der Waals surface area contributed by atoms with Gasteiger partial charge >= 0.3 is 0 Å². The number of aromatic nitrogens is 2. The zero-order valence-corrected chi connectivity index (χ0v) is 13.9. The number of fused-ring (bicyclic) bond motifs is 1. The fourth-order valence-corrected chi connectivity index (χ4v) is 3.44. The zero-order chi connectivity index (χ0) is 16.2. The van der Waals surface area contributed by atoms with Gasteiger partial charge in [0.15, 0.2) is 0 Å². The summed E-state index contributed by atoms with van der Waals surface area (Å²) in [5.41, 5.74) is 2.12. The summed E-state index contributed by atoms with van der Waals surface area (Å²) in [5.74, 6) is 1.10. The molecule has 2 aromatic rings. The normalized spacial score (nSPS) is 21.5. The van der Waals surface area contributed by atoms with Gasteiger partial charge in [-0.25, -0.2) is 4.98 Å². The highest BCUT2D eigenvalue weighted by molar-refractivity contribution is 5.79. The predicted molar refractivity (Wildman–Crippen MR) is 90.2 cm³/mol. The number of aryl methyl sites for hydroxylation is 1. The molecule has 1 N–H and O–H groups in total. The molecule has 0 spiro atoms. The molecule has 1 aliphatic heterocycles. The highest BCUT2D eigenvalue weighted by Gasteiger charge is 2.30. The lowest BCUT2D eigenvalue weighted by molar-refractivity contribution is -0.134. The Hall–Kier alpha value is -1.88. The minimum absolute atomic E-state index is 0.00521. The summed E-state index contributed by atoms with van der Waals surface area (Å²) < 4.78 is 7.87. The van der Waals surface area contributed by atoms with Gasteiger partial charge in [-0.05, 0) is 38.3 Å². The van der Waals surface area contributed by atoms with E-state index in [9.17, 15) is 4.79 Å². The van der Waals surface area contributed by atoms with Gasteiger partial charge in [0.1, 0.15) is 5.82 Å². The van der Waals surface area contributed by atoms with Crippen LogP contribution in [-0.4, -0.2) is 34.7 Å². The van der Waals surface area contributed by atoms with Crippen LogP contribution in [0.3, 0.4) is 0 Å². The van der Waals surface area contributed by atoms with Gasteiger partial charge in [0, 0.05) is 19.7 Å². The van der Waals surface area contributed by atoms with Crippen molar-refractivity contribution in [2.75, 3.05) is 13.2 Å². The second-order valence-electron chi connectivity index (χ2n) is 6.16. The molecule has 1 aromatic carbocycles. The maximum absolute atomic E-state index is 12.4. The summed E-state index contributed by atoms with van der Waals surface area (Å²) in [7, 11) is 0. The van der Waals surface area contributed by atoms with Crippen LogP contribution in [0.15, 0.2) is 24.3 Å². The molecule has 1 amide bonds. The number of imidazole rings is 1. The third-order valence-corrected chi connectivity index (χ3v) is 4.66. The molecule has 23 heavy (non-hydrogen) atoms. The highest BCUT2D eigenvalue weighted by atomic mass is 16.5. The molecule has 1 aromatic heterocycles. The van der Waals surface area contributed by atoms with Gasteiger partial charge in [-0.2, -0.15) is 0 Å². The van der Waals surface area contributed by atoms with Crippen LogP contribution in [0.2, 0.25) is 0 Å². The van der Waals surface area contributed by atoms with E-state index in [4.69, 9.17) is 4.74 Å². The van der Waals surface area contributed by atoms with Gasteiger partial charge < -0.3 is 14.6 Å². The lowest BCUT2D eigenvalue weighted by atomic mass is 9.92. The molecule has 0 aliphatic carbocycles. The molecule has 5 nitrogen and oxygen atoms in total.